The second-order valence-corrected chi connectivity index (χ2v) is 5.65. The number of hydrogen-bond acceptors (Lipinski definition) is 4. The molecule has 0 aliphatic carbocycles. The minimum atomic E-state index is -0.644. The first-order valence-electron chi connectivity index (χ1n) is 6.46. The first kappa shape index (κ1) is 14.6. The highest BCUT2D eigenvalue weighted by Gasteiger charge is 2.45. The van der Waals surface area contributed by atoms with E-state index in [4.69, 9.17) is 9.47 Å². The molecule has 1 saturated heterocycles. The van der Waals surface area contributed by atoms with Crippen LogP contribution in [0.4, 0.5) is 5.69 Å². The fourth-order valence-corrected chi connectivity index (χ4v) is 2.28. The minimum absolute atomic E-state index is 0.121. The molecule has 0 bridgehead atoms. The van der Waals surface area contributed by atoms with Gasteiger partial charge in [-0.2, -0.15) is 0 Å². The van der Waals surface area contributed by atoms with Crippen LogP contribution in [0.1, 0.15) is 20.3 Å². The van der Waals surface area contributed by atoms with E-state index < -0.39 is 5.41 Å². The average molecular weight is 275 g/mol. The Kier molecular flexibility index (Phi) is 3.86. The molecule has 0 N–H and O–H groups in total. The molecule has 0 unspecified atom stereocenters. The highest BCUT2D eigenvalue weighted by Crippen LogP contribution is 2.35. The monoisotopic (exact) mass is 275 g/mol. The topological polar surface area (TPSA) is 55.8 Å². The van der Waals surface area contributed by atoms with E-state index in [0.717, 1.165) is 5.46 Å². The van der Waals surface area contributed by atoms with Crippen molar-refractivity contribution in [3.05, 3.63) is 18.2 Å². The lowest BCUT2D eigenvalue weighted by atomic mass is 9.92. The van der Waals surface area contributed by atoms with E-state index in [2.05, 4.69) is 0 Å². The number of imide groups is 1. The van der Waals surface area contributed by atoms with Gasteiger partial charge < -0.3 is 9.47 Å². The van der Waals surface area contributed by atoms with E-state index in [0.29, 0.717) is 11.4 Å². The van der Waals surface area contributed by atoms with Crippen molar-refractivity contribution in [1.29, 1.82) is 0 Å². The van der Waals surface area contributed by atoms with Crippen molar-refractivity contribution < 1.29 is 19.1 Å². The van der Waals surface area contributed by atoms with E-state index in [1.807, 2.05) is 13.9 Å². The molecule has 1 aliphatic rings. The fourth-order valence-electron chi connectivity index (χ4n) is 2.28. The molecule has 5 nitrogen and oxygen atoms in total. The van der Waals surface area contributed by atoms with Gasteiger partial charge in [0.05, 0.1) is 11.1 Å². The maximum atomic E-state index is 12.3. The molecule has 2 amide bonds. The molecule has 0 aromatic heterocycles. The first-order chi connectivity index (χ1) is 9.35. The van der Waals surface area contributed by atoms with Gasteiger partial charge >= 0.3 is 0 Å². The van der Waals surface area contributed by atoms with Gasteiger partial charge in [-0.25, -0.2) is 4.90 Å². The Balaban J connectivity index is 2.35. The normalized spacial score (nSPS) is 17.6. The van der Waals surface area contributed by atoms with Gasteiger partial charge in [0.25, 0.3) is 0 Å². The van der Waals surface area contributed by atoms with Gasteiger partial charge in [-0.05, 0) is 12.1 Å². The molecule has 0 atom stereocenters. The summed E-state index contributed by atoms with van der Waals surface area (Å²) < 4.78 is 10.2. The molecule has 1 aliphatic heterocycles. The van der Waals surface area contributed by atoms with Crippen LogP contribution in [-0.4, -0.2) is 33.6 Å². The summed E-state index contributed by atoms with van der Waals surface area (Å²) in [6.07, 6.45) is 0.230. The van der Waals surface area contributed by atoms with Crippen molar-refractivity contribution in [2.24, 2.45) is 5.41 Å². The van der Waals surface area contributed by atoms with Crippen LogP contribution in [0, 0.1) is 5.41 Å². The zero-order valence-corrected chi connectivity index (χ0v) is 12.2. The Morgan fingerprint density at radius 3 is 2.55 bits per heavy atom. The van der Waals surface area contributed by atoms with Gasteiger partial charge in [-0.3, -0.25) is 9.59 Å². The minimum Gasteiger partial charge on any atom is -0.468 e. The van der Waals surface area contributed by atoms with Gasteiger partial charge in [0.2, 0.25) is 11.8 Å². The summed E-state index contributed by atoms with van der Waals surface area (Å²) in [6.45, 7) is 3.69. The summed E-state index contributed by atoms with van der Waals surface area (Å²) in [5.41, 5.74) is 0.824. The van der Waals surface area contributed by atoms with E-state index in [1.54, 1.807) is 26.0 Å². The molecule has 20 heavy (non-hydrogen) atoms. The molecule has 0 saturated carbocycles. The Hall–Kier alpha value is -1.82. The van der Waals surface area contributed by atoms with Crippen LogP contribution in [0.25, 0.3) is 0 Å². The van der Waals surface area contributed by atoms with Crippen molar-refractivity contribution in [2.75, 3.05) is 18.8 Å². The molecule has 1 fully saturated rings. The lowest BCUT2D eigenvalue weighted by molar-refractivity contribution is -0.124. The number of rotatable bonds is 4. The number of anilines is 1. The van der Waals surface area contributed by atoms with Gasteiger partial charge in [0.15, 0.2) is 6.79 Å². The number of ether oxygens (including phenoxy) is 2. The SMILES string of the molecule is Bc1cc(OCOC)cc(N2C(=O)CC(C)(C)C2=O)c1. The van der Waals surface area contributed by atoms with Crippen molar-refractivity contribution in [3.8, 4) is 5.75 Å². The van der Waals surface area contributed by atoms with Gasteiger partial charge in [0.1, 0.15) is 13.6 Å². The molecular formula is C14H18BNO4. The highest BCUT2D eigenvalue weighted by molar-refractivity contribution is 6.33. The average Bonchev–Trinajstić information content (AvgIpc) is 2.55. The van der Waals surface area contributed by atoms with Gasteiger partial charge in [0, 0.05) is 19.6 Å². The molecule has 1 heterocycles. The largest absolute Gasteiger partial charge is 0.468 e. The molecule has 6 heteroatoms. The summed E-state index contributed by atoms with van der Waals surface area (Å²) in [5, 5.41) is 0. The smallest absolute Gasteiger partial charge is 0.239 e. The summed E-state index contributed by atoms with van der Waals surface area (Å²) in [7, 11) is 3.42. The molecule has 1 aromatic rings. The maximum Gasteiger partial charge on any atom is 0.239 e. The van der Waals surface area contributed by atoms with Crippen molar-refractivity contribution >= 4 is 30.8 Å². The summed E-state index contributed by atoms with van der Waals surface area (Å²) in [6, 6.07) is 5.32. The molecule has 1 aromatic carbocycles. The van der Waals surface area contributed by atoms with Crippen LogP contribution in [-0.2, 0) is 14.3 Å². The molecule has 0 radical (unpaired) electrons. The third kappa shape index (κ3) is 2.70. The van der Waals surface area contributed by atoms with Crippen LogP contribution >= 0.6 is 0 Å². The third-order valence-electron chi connectivity index (χ3n) is 3.26. The van der Waals surface area contributed by atoms with Crippen molar-refractivity contribution in [2.45, 2.75) is 20.3 Å². The Labute approximate surface area is 119 Å². The third-order valence-corrected chi connectivity index (χ3v) is 3.26. The van der Waals surface area contributed by atoms with Gasteiger partial charge in [-0.1, -0.05) is 19.3 Å². The summed E-state index contributed by atoms with van der Waals surface area (Å²) >= 11 is 0. The van der Waals surface area contributed by atoms with Crippen LogP contribution in [0.2, 0.25) is 0 Å². The van der Waals surface area contributed by atoms with E-state index in [1.165, 1.54) is 12.0 Å². The highest BCUT2D eigenvalue weighted by atomic mass is 16.7. The Morgan fingerprint density at radius 1 is 1.30 bits per heavy atom. The zero-order valence-electron chi connectivity index (χ0n) is 12.2. The second kappa shape index (κ2) is 5.29. The van der Waals surface area contributed by atoms with Crippen LogP contribution < -0.4 is 15.1 Å². The first-order valence-corrected chi connectivity index (χ1v) is 6.46. The fraction of sp³-hybridized carbons (Fsp3) is 0.429. The summed E-state index contributed by atoms with van der Waals surface area (Å²) in [5.74, 6) is 0.223. The van der Waals surface area contributed by atoms with Crippen LogP contribution in [0.15, 0.2) is 18.2 Å². The zero-order chi connectivity index (χ0) is 14.9. The Bertz CT molecular complexity index is 556. The number of amides is 2. The van der Waals surface area contributed by atoms with Crippen LogP contribution in [0.5, 0.6) is 5.75 Å². The van der Waals surface area contributed by atoms with E-state index in [-0.39, 0.29) is 25.0 Å². The maximum absolute atomic E-state index is 12.3. The number of nitrogens with zero attached hydrogens (tertiary/aromatic N) is 1. The van der Waals surface area contributed by atoms with Crippen molar-refractivity contribution in [1.82, 2.24) is 0 Å². The summed E-state index contributed by atoms with van der Waals surface area (Å²) in [4.78, 5) is 25.6. The molecule has 106 valence electrons. The Morgan fingerprint density at radius 2 is 2.00 bits per heavy atom. The van der Waals surface area contributed by atoms with E-state index in [9.17, 15) is 9.59 Å². The lowest BCUT2D eigenvalue weighted by Gasteiger charge is -2.19. The standard InChI is InChI=1S/C14H18BNO4/c1-14(2)7-12(17)16(13(14)18)10-4-9(15)5-11(6-10)20-8-19-3/h4-6H,7-8,15H2,1-3H3. The van der Waals surface area contributed by atoms with Crippen LogP contribution in [0.3, 0.4) is 0 Å². The predicted octanol–water partition coefficient (Wildman–Crippen LogP) is 0.217. The van der Waals surface area contributed by atoms with Crippen molar-refractivity contribution in [3.63, 3.8) is 0 Å². The number of benzene rings is 1. The second-order valence-electron chi connectivity index (χ2n) is 5.65. The number of hydrogen-bond donors (Lipinski definition) is 0. The molecule has 2 rings (SSSR count). The quantitative estimate of drug-likeness (QED) is 0.448. The lowest BCUT2D eigenvalue weighted by Crippen LogP contribution is -2.33. The number of methoxy groups -OCH3 is 1. The predicted molar refractivity (Wildman–Crippen MR) is 78.0 cm³/mol. The number of carbonyl (C=O) groups excluding carboxylic acids is 2. The molecule has 0 spiro atoms. The van der Waals surface area contributed by atoms with E-state index >= 15 is 0 Å². The number of carbonyl (C=O) groups is 2. The molecular weight excluding hydrogens is 257 g/mol. The van der Waals surface area contributed by atoms with Gasteiger partial charge in [-0.15, -0.1) is 0 Å².